The zero-order chi connectivity index (χ0) is 16.4. The Morgan fingerprint density at radius 3 is 2.00 bits per heavy atom. The molecule has 0 saturated carbocycles. The third-order valence-electron chi connectivity index (χ3n) is 3.68. The smallest absolute Gasteiger partial charge is 0.378 e. The summed E-state index contributed by atoms with van der Waals surface area (Å²) in [5.41, 5.74) is 0.524. The summed E-state index contributed by atoms with van der Waals surface area (Å²) in [7, 11) is 1.12. The molecule has 0 bridgehead atoms. The molecule has 0 aliphatic carbocycles. The minimum absolute atomic E-state index is 0.256. The molecule has 0 aliphatic rings. The fourth-order valence-corrected chi connectivity index (χ4v) is 2.65. The number of ketones is 1. The van der Waals surface area contributed by atoms with Gasteiger partial charge in [0.25, 0.3) is 5.78 Å². The molecule has 0 saturated heterocycles. The number of aliphatic hydroxyl groups is 1. The monoisotopic (exact) mass is 306 g/mol. The number of carbonyl (C=O) groups is 2. The van der Waals surface area contributed by atoms with Crippen molar-refractivity contribution in [3.05, 3.63) is 66.2 Å². The molecule has 0 spiro atoms. The van der Waals surface area contributed by atoms with Gasteiger partial charge >= 0.3 is 5.97 Å². The Labute approximate surface area is 132 Å². The lowest BCUT2D eigenvalue weighted by Crippen LogP contribution is -2.13. The molecule has 1 N–H and O–H groups in total. The maximum Gasteiger partial charge on any atom is 0.378 e. The number of ether oxygens (including phenoxy) is 1. The van der Waals surface area contributed by atoms with E-state index < -0.39 is 11.8 Å². The number of fused-ring (bicyclic) bond motifs is 2. The van der Waals surface area contributed by atoms with Crippen molar-refractivity contribution in [2.24, 2.45) is 0 Å². The zero-order valence-electron chi connectivity index (χ0n) is 12.4. The van der Waals surface area contributed by atoms with E-state index in [0.717, 1.165) is 34.7 Å². The summed E-state index contributed by atoms with van der Waals surface area (Å²) in [4.78, 5) is 23.0. The summed E-state index contributed by atoms with van der Waals surface area (Å²) in [6.45, 7) is 0. The lowest BCUT2D eigenvalue weighted by atomic mass is 9.95. The van der Waals surface area contributed by atoms with E-state index in [1.807, 2.05) is 54.6 Å². The average Bonchev–Trinajstić information content (AvgIpc) is 2.58. The van der Waals surface area contributed by atoms with Crippen molar-refractivity contribution in [2.45, 2.75) is 0 Å². The summed E-state index contributed by atoms with van der Waals surface area (Å²) >= 11 is 0. The Balaban J connectivity index is 2.31. The second-order valence-corrected chi connectivity index (χ2v) is 5.08. The van der Waals surface area contributed by atoms with E-state index in [1.165, 1.54) is 0 Å². The first-order valence-corrected chi connectivity index (χ1v) is 7.05. The second kappa shape index (κ2) is 5.93. The van der Waals surface area contributed by atoms with Crippen LogP contribution in [0.15, 0.2) is 60.7 Å². The lowest BCUT2D eigenvalue weighted by molar-refractivity contribution is -0.149. The number of hydrogen-bond acceptors (Lipinski definition) is 4. The molecule has 4 heteroatoms. The topological polar surface area (TPSA) is 63.6 Å². The summed E-state index contributed by atoms with van der Waals surface area (Å²) in [5, 5.41) is 13.9. The van der Waals surface area contributed by atoms with Gasteiger partial charge in [0.2, 0.25) is 0 Å². The van der Waals surface area contributed by atoms with Crippen LogP contribution in [0.3, 0.4) is 0 Å². The Morgan fingerprint density at radius 2 is 1.48 bits per heavy atom. The normalized spacial score (nSPS) is 11.6. The molecular formula is C19H14O4. The predicted octanol–water partition coefficient (Wildman–Crippen LogP) is 3.63. The SMILES string of the molecule is COC(=O)C(=O)C=C(O)c1c2ccccc2cc2ccccc12. The van der Waals surface area contributed by atoms with Crippen molar-refractivity contribution in [3.8, 4) is 0 Å². The summed E-state index contributed by atoms with van der Waals surface area (Å²) in [6, 6.07) is 17.1. The summed E-state index contributed by atoms with van der Waals surface area (Å²) < 4.78 is 4.38. The third-order valence-corrected chi connectivity index (χ3v) is 3.68. The van der Waals surface area contributed by atoms with Crippen molar-refractivity contribution in [1.82, 2.24) is 0 Å². The van der Waals surface area contributed by atoms with Gasteiger partial charge in [-0.2, -0.15) is 0 Å². The van der Waals surface area contributed by atoms with Crippen LogP contribution in [0.25, 0.3) is 27.3 Å². The molecule has 0 fully saturated rings. The quantitative estimate of drug-likeness (QED) is 0.264. The number of esters is 1. The van der Waals surface area contributed by atoms with E-state index in [1.54, 1.807) is 0 Å². The van der Waals surface area contributed by atoms with Gasteiger partial charge in [-0.15, -0.1) is 0 Å². The summed E-state index contributed by atoms with van der Waals surface area (Å²) in [6.07, 6.45) is 0.903. The van der Waals surface area contributed by atoms with Crippen LogP contribution in [0.5, 0.6) is 0 Å². The minimum Gasteiger partial charge on any atom is -0.507 e. The molecule has 0 aromatic heterocycles. The van der Waals surface area contributed by atoms with Crippen LogP contribution in [0.4, 0.5) is 0 Å². The first-order chi connectivity index (χ1) is 11.1. The van der Waals surface area contributed by atoms with Gasteiger partial charge in [0.1, 0.15) is 5.76 Å². The Bertz CT molecular complexity index is 900. The molecule has 3 rings (SSSR count). The molecule has 4 nitrogen and oxygen atoms in total. The molecule has 0 heterocycles. The van der Waals surface area contributed by atoms with E-state index in [2.05, 4.69) is 4.74 Å². The second-order valence-electron chi connectivity index (χ2n) is 5.08. The van der Waals surface area contributed by atoms with E-state index >= 15 is 0 Å². The van der Waals surface area contributed by atoms with Crippen LogP contribution in [0, 0.1) is 0 Å². The third kappa shape index (κ3) is 2.66. The molecule has 0 unspecified atom stereocenters. The number of methoxy groups -OCH3 is 1. The van der Waals surface area contributed by atoms with Gasteiger partial charge in [-0.05, 0) is 27.6 Å². The first-order valence-electron chi connectivity index (χ1n) is 7.05. The average molecular weight is 306 g/mol. The maximum atomic E-state index is 11.7. The van der Waals surface area contributed by atoms with Crippen molar-refractivity contribution in [2.75, 3.05) is 7.11 Å². The van der Waals surface area contributed by atoms with Crippen molar-refractivity contribution in [1.29, 1.82) is 0 Å². The Morgan fingerprint density at radius 1 is 0.957 bits per heavy atom. The van der Waals surface area contributed by atoms with Crippen LogP contribution in [-0.4, -0.2) is 24.0 Å². The molecule has 3 aromatic rings. The summed E-state index contributed by atoms with van der Waals surface area (Å²) in [5.74, 6) is -2.17. The van der Waals surface area contributed by atoms with Crippen molar-refractivity contribution in [3.63, 3.8) is 0 Å². The van der Waals surface area contributed by atoms with Gasteiger partial charge in [-0.1, -0.05) is 48.5 Å². The van der Waals surface area contributed by atoms with E-state index in [9.17, 15) is 14.7 Å². The molecule has 0 radical (unpaired) electrons. The van der Waals surface area contributed by atoms with Gasteiger partial charge in [0.15, 0.2) is 0 Å². The Kier molecular flexibility index (Phi) is 3.81. The number of rotatable bonds is 3. The molecule has 3 aromatic carbocycles. The molecule has 114 valence electrons. The highest BCUT2D eigenvalue weighted by Crippen LogP contribution is 2.32. The Hall–Kier alpha value is -3.14. The van der Waals surface area contributed by atoms with Gasteiger partial charge in [-0.3, -0.25) is 4.79 Å². The highest BCUT2D eigenvalue weighted by Gasteiger charge is 2.16. The molecular weight excluding hydrogens is 292 g/mol. The van der Waals surface area contributed by atoms with Crippen LogP contribution in [0.1, 0.15) is 5.56 Å². The minimum atomic E-state index is -1.01. The lowest BCUT2D eigenvalue weighted by Gasteiger charge is -2.11. The maximum absolute atomic E-state index is 11.7. The number of aliphatic hydroxyl groups excluding tert-OH is 1. The predicted molar refractivity (Wildman–Crippen MR) is 89.1 cm³/mol. The van der Waals surface area contributed by atoms with Crippen LogP contribution < -0.4 is 0 Å². The van der Waals surface area contributed by atoms with E-state index in [4.69, 9.17) is 0 Å². The van der Waals surface area contributed by atoms with Crippen LogP contribution >= 0.6 is 0 Å². The van der Waals surface area contributed by atoms with Crippen molar-refractivity contribution >= 4 is 39.1 Å². The van der Waals surface area contributed by atoms with E-state index in [-0.39, 0.29) is 5.76 Å². The zero-order valence-corrected chi connectivity index (χ0v) is 12.4. The highest BCUT2D eigenvalue weighted by molar-refractivity contribution is 6.39. The fourth-order valence-electron chi connectivity index (χ4n) is 2.65. The van der Waals surface area contributed by atoms with Crippen LogP contribution in [0.2, 0.25) is 0 Å². The highest BCUT2D eigenvalue weighted by atomic mass is 16.5. The van der Waals surface area contributed by atoms with Gasteiger partial charge in [0, 0.05) is 11.6 Å². The number of carbonyl (C=O) groups excluding carboxylic acids is 2. The molecule has 23 heavy (non-hydrogen) atoms. The van der Waals surface area contributed by atoms with Crippen LogP contribution in [-0.2, 0) is 14.3 Å². The van der Waals surface area contributed by atoms with Gasteiger partial charge in [-0.25, -0.2) is 4.79 Å². The standard InChI is InChI=1S/C19H14O4/c1-23-19(22)17(21)11-16(20)18-14-8-4-2-6-12(14)10-13-7-3-5-9-15(13)18/h2-11,20H,1H3. The molecule has 0 atom stereocenters. The van der Waals surface area contributed by atoms with Crippen molar-refractivity contribution < 1.29 is 19.4 Å². The number of benzene rings is 3. The first kappa shape index (κ1) is 14.8. The molecule has 0 amide bonds. The molecule has 0 aliphatic heterocycles. The largest absolute Gasteiger partial charge is 0.507 e. The van der Waals surface area contributed by atoms with Gasteiger partial charge < -0.3 is 9.84 Å². The fraction of sp³-hybridized carbons (Fsp3) is 0.0526. The number of hydrogen-bond donors (Lipinski definition) is 1. The van der Waals surface area contributed by atoms with E-state index in [0.29, 0.717) is 5.56 Å². The van der Waals surface area contributed by atoms with Gasteiger partial charge in [0.05, 0.1) is 7.11 Å².